The van der Waals surface area contributed by atoms with Gasteiger partial charge < -0.3 is 9.47 Å². The molecule has 27 heavy (non-hydrogen) atoms. The number of ether oxygens (including phenoxy) is 2. The maximum absolute atomic E-state index is 11.7. The molecule has 0 spiro atoms. The molecule has 0 radical (unpaired) electrons. The van der Waals surface area contributed by atoms with E-state index in [1.807, 2.05) is 0 Å². The Morgan fingerprint density at radius 2 is 1.81 bits per heavy atom. The van der Waals surface area contributed by atoms with Gasteiger partial charge in [-0.25, -0.2) is 22.7 Å². The molecule has 1 aliphatic carbocycles. The van der Waals surface area contributed by atoms with Crippen molar-refractivity contribution >= 4 is 32.5 Å². The third-order valence-corrected chi connectivity index (χ3v) is 6.49. The van der Waals surface area contributed by atoms with E-state index in [0.717, 1.165) is 25.7 Å². The molecule has 7 nitrogen and oxygen atoms in total. The summed E-state index contributed by atoms with van der Waals surface area (Å²) in [6, 6.07) is 3.60. The number of nitrogens with zero attached hydrogens (tertiary/aromatic N) is 3. The number of aromatic nitrogens is 2. The summed E-state index contributed by atoms with van der Waals surface area (Å²) in [5.41, 5.74) is 0.688. The Hall–Kier alpha value is -1.64. The summed E-state index contributed by atoms with van der Waals surface area (Å²) in [4.78, 5) is 8.20. The van der Waals surface area contributed by atoms with Crippen molar-refractivity contribution in [2.75, 3.05) is 20.4 Å². The van der Waals surface area contributed by atoms with E-state index in [9.17, 15) is 8.42 Å². The van der Waals surface area contributed by atoms with Crippen molar-refractivity contribution in [1.29, 1.82) is 0 Å². The van der Waals surface area contributed by atoms with E-state index in [1.54, 1.807) is 26.3 Å². The lowest BCUT2D eigenvalue weighted by Gasteiger charge is -2.33. The molecule has 3 rings (SSSR count). The number of hydrogen-bond donors (Lipinski definition) is 0. The zero-order valence-corrected chi connectivity index (χ0v) is 16.5. The number of methoxy groups -OCH3 is 1. The summed E-state index contributed by atoms with van der Waals surface area (Å²) in [5, 5.41) is 1.07. The van der Waals surface area contributed by atoms with Gasteiger partial charge in [0.2, 0.25) is 10.0 Å². The zero-order valence-electron chi connectivity index (χ0n) is 15.0. The minimum Gasteiger partial charge on any atom is -0.493 e. The number of rotatable bonds is 5. The fourth-order valence-electron chi connectivity index (χ4n) is 3.26. The molecule has 0 aliphatic heterocycles. The number of halogens is 1. The highest BCUT2D eigenvalue weighted by molar-refractivity contribution is 7.88. The summed E-state index contributed by atoms with van der Waals surface area (Å²) in [5.74, 6) is 1.18. The van der Waals surface area contributed by atoms with Crippen LogP contribution in [0.1, 0.15) is 33.1 Å². The van der Waals surface area contributed by atoms with Crippen LogP contribution in [0.25, 0.3) is 10.9 Å². The van der Waals surface area contributed by atoms with E-state index in [0.29, 0.717) is 27.6 Å². The van der Waals surface area contributed by atoms with Crippen LogP contribution in [-0.4, -0.2) is 55.3 Å². The molecule has 2 aromatic rings. The normalized spacial score (nSPS) is 20.3. The molecule has 1 fully saturated rings. The van der Waals surface area contributed by atoms with Crippen LogP contribution in [0, 0.1) is 0 Å². The van der Waals surface area contributed by atoms with Crippen LogP contribution in [0.4, 0.5) is 0 Å². The first kappa shape index (κ1) is 21.7. The van der Waals surface area contributed by atoms with Gasteiger partial charge in [0.25, 0.3) is 0 Å². The van der Waals surface area contributed by atoms with Gasteiger partial charge in [-0.15, -0.1) is 0 Å². The summed E-state index contributed by atoms with van der Waals surface area (Å²) < 4.78 is 36.4. The molecule has 0 saturated heterocycles. The molecule has 0 bridgehead atoms. The lowest BCUT2D eigenvalue weighted by Crippen LogP contribution is -2.40. The van der Waals surface area contributed by atoms with Gasteiger partial charge in [0, 0.05) is 24.5 Å². The zero-order chi connectivity index (χ0) is 18.9. The van der Waals surface area contributed by atoms with Gasteiger partial charge >= 0.3 is 0 Å². The summed E-state index contributed by atoms with van der Waals surface area (Å²) in [7, 11) is 0.0380. The molecule has 0 unspecified atom stereocenters. The number of fused-ring (bicyclic) bond motifs is 1. The van der Waals surface area contributed by atoms with Crippen molar-refractivity contribution in [2.24, 2.45) is 0 Å². The first-order valence-electron chi connectivity index (χ1n) is 8.37. The van der Waals surface area contributed by atoms with E-state index in [1.165, 1.54) is 16.9 Å². The molecule has 1 aliphatic rings. The van der Waals surface area contributed by atoms with Crippen LogP contribution in [-0.2, 0) is 10.0 Å². The van der Waals surface area contributed by atoms with E-state index < -0.39 is 10.0 Å². The second-order valence-electron chi connectivity index (χ2n) is 6.51. The topological polar surface area (TPSA) is 81.6 Å². The maximum Gasteiger partial charge on any atom is 0.211 e. The predicted octanol–water partition coefficient (Wildman–Crippen LogP) is 3.51. The molecule has 1 saturated carbocycles. The fraction of sp³-hybridized carbons (Fsp3) is 0.556. The van der Waals surface area contributed by atoms with Crippen molar-refractivity contribution in [2.45, 2.75) is 45.3 Å². The SMILES string of the molecule is C.COc1cc2ncnc(Cl)c2cc1OC1CCC(N(C)S(C)(=O)=O)CC1. The summed E-state index contributed by atoms with van der Waals surface area (Å²) in [6.07, 6.45) is 5.69. The minimum absolute atomic E-state index is 0. The fourth-order valence-corrected chi connectivity index (χ4v) is 4.21. The molecular formula is C18H26ClN3O4S. The number of benzene rings is 1. The van der Waals surface area contributed by atoms with E-state index in [4.69, 9.17) is 21.1 Å². The summed E-state index contributed by atoms with van der Waals surface area (Å²) in [6.45, 7) is 0. The van der Waals surface area contributed by atoms with Gasteiger partial charge in [0.05, 0.1) is 25.0 Å². The van der Waals surface area contributed by atoms with Crippen molar-refractivity contribution in [3.05, 3.63) is 23.6 Å². The lowest BCUT2D eigenvalue weighted by atomic mass is 9.93. The molecule has 150 valence electrons. The quantitative estimate of drug-likeness (QED) is 0.695. The highest BCUT2D eigenvalue weighted by Gasteiger charge is 2.29. The average molecular weight is 416 g/mol. The van der Waals surface area contributed by atoms with Crippen molar-refractivity contribution < 1.29 is 17.9 Å². The Bertz CT molecular complexity index is 899. The Morgan fingerprint density at radius 1 is 1.15 bits per heavy atom. The second-order valence-corrected chi connectivity index (χ2v) is 8.91. The van der Waals surface area contributed by atoms with E-state index >= 15 is 0 Å². The van der Waals surface area contributed by atoms with Gasteiger partial charge in [-0.1, -0.05) is 19.0 Å². The smallest absolute Gasteiger partial charge is 0.211 e. The van der Waals surface area contributed by atoms with E-state index in [2.05, 4.69) is 9.97 Å². The van der Waals surface area contributed by atoms with Gasteiger partial charge in [-0.3, -0.25) is 0 Å². The van der Waals surface area contributed by atoms with Crippen molar-refractivity contribution in [1.82, 2.24) is 14.3 Å². The third-order valence-electron chi connectivity index (χ3n) is 4.85. The predicted molar refractivity (Wildman–Crippen MR) is 107 cm³/mol. The summed E-state index contributed by atoms with van der Waals surface area (Å²) >= 11 is 6.15. The molecule has 0 N–H and O–H groups in total. The van der Waals surface area contributed by atoms with Crippen LogP contribution >= 0.6 is 11.6 Å². The van der Waals surface area contributed by atoms with Crippen molar-refractivity contribution in [3.63, 3.8) is 0 Å². The van der Waals surface area contributed by atoms with Gasteiger partial charge in [-0.2, -0.15) is 0 Å². The molecular weight excluding hydrogens is 390 g/mol. The highest BCUT2D eigenvalue weighted by Crippen LogP contribution is 2.36. The van der Waals surface area contributed by atoms with Crippen LogP contribution in [0.15, 0.2) is 18.5 Å². The van der Waals surface area contributed by atoms with Crippen LogP contribution < -0.4 is 9.47 Å². The second kappa shape index (κ2) is 8.58. The standard InChI is InChI=1S/C17H22ClN3O4S.CH4/c1-21(26(3,22)23)11-4-6-12(7-5-11)25-16-8-13-14(9-15(16)24-2)19-10-20-17(13)18;/h8-12H,4-7H2,1-3H3;1H4. The Balaban J connectivity index is 0.00000261. The molecule has 1 heterocycles. The monoisotopic (exact) mass is 415 g/mol. The molecule has 0 atom stereocenters. The van der Waals surface area contributed by atoms with Gasteiger partial charge in [-0.05, 0) is 31.7 Å². The number of hydrogen-bond acceptors (Lipinski definition) is 6. The highest BCUT2D eigenvalue weighted by atomic mass is 35.5. The lowest BCUT2D eigenvalue weighted by molar-refractivity contribution is 0.122. The minimum atomic E-state index is -3.17. The Labute approximate surface area is 165 Å². The van der Waals surface area contributed by atoms with Gasteiger partial charge in [0.15, 0.2) is 11.5 Å². The maximum atomic E-state index is 11.7. The van der Waals surface area contributed by atoms with Crippen molar-refractivity contribution in [3.8, 4) is 11.5 Å². The van der Waals surface area contributed by atoms with Crippen LogP contribution in [0.2, 0.25) is 5.15 Å². The molecule has 9 heteroatoms. The molecule has 1 aromatic heterocycles. The molecule has 0 amide bonds. The van der Waals surface area contributed by atoms with E-state index in [-0.39, 0.29) is 19.6 Å². The van der Waals surface area contributed by atoms with Crippen LogP contribution in [0.5, 0.6) is 11.5 Å². The van der Waals surface area contributed by atoms with Crippen LogP contribution in [0.3, 0.4) is 0 Å². The number of sulfonamides is 1. The first-order valence-corrected chi connectivity index (χ1v) is 10.6. The first-order chi connectivity index (χ1) is 12.3. The van der Waals surface area contributed by atoms with Gasteiger partial charge in [0.1, 0.15) is 11.5 Å². The Kier molecular flexibility index (Phi) is 6.88. The largest absolute Gasteiger partial charge is 0.493 e. The average Bonchev–Trinajstić information content (AvgIpc) is 2.61. The molecule has 1 aromatic carbocycles. The third kappa shape index (κ3) is 4.80. The Morgan fingerprint density at radius 3 is 2.41 bits per heavy atom.